The maximum Gasteiger partial charge on any atom is 0.240 e. The van der Waals surface area contributed by atoms with Crippen molar-refractivity contribution in [3.63, 3.8) is 0 Å². The summed E-state index contributed by atoms with van der Waals surface area (Å²) in [6.45, 7) is 17.6. The molecule has 2 heterocycles. The first-order chi connectivity index (χ1) is 21.9. The number of fused-ring (bicyclic) bond motifs is 1. The molecule has 46 heavy (non-hydrogen) atoms. The number of nitrogens with one attached hydrogen (secondary N) is 3. The molecule has 8 nitrogen and oxygen atoms in total. The van der Waals surface area contributed by atoms with E-state index < -0.39 is 6.04 Å². The van der Waals surface area contributed by atoms with Crippen LogP contribution in [-0.2, 0) is 17.9 Å². The number of benzene rings is 1. The second kappa shape index (κ2) is 14.3. The molecule has 0 fully saturated rings. The second-order valence-corrected chi connectivity index (χ2v) is 15.0. The number of nitrogens with zero attached hydrogens (tertiary/aromatic N) is 3. The van der Waals surface area contributed by atoms with Crippen molar-refractivity contribution in [3.8, 4) is 0 Å². The number of rotatable bonds is 12. The Balaban J connectivity index is 1.26. The Morgan fingerprint density at radius 2 is 1.59 bits per heavy atom. The van der Waals surface area contributed by atoms with Crippen molar-refractivity contribution >= 4 is 28.1 Å². The molecule has 2 aliphatic carbocycles. The van der Waals surface area contributed by atoms with E-state index >= 15 is 0 Å². The smallest absolute Gasteiger partial charge is 0.240 e. The third kappa shape index (κ3) is 8.53. The van der Waals surface area contributed by atoms with Gasteiger partial charge in [-0.05, 0) is 89.5 Å². The van der Waals surface area contributed by atoms with Crippen LogP contribution in [0.4, 0.5) is 0 Å². The second-order valence-electron chi connectivity index (χ2n) is 15.0. The van der Waals surface area contributed by atoms with Gasteiger partial charge in [-0.2, -0.15) is 0 Å². The third-order valence-electron chi connectivity index (χ3n) is 8.75. The standard InChI is InChI=1S/C38H53N7O/c1-24(2)19-40-21-34-41-20-33(44-34)29-14-12-27(13-15-29)26-8-10-28(11-9-26)30-16-17-31-32(18-30)43-35(42-31)22-45(23-38(5,6)7)37(46)36(39)25(3)4/h8,10,12,14,16-18,20,24-25,36,40H,9,11,13,15,19,21-23,39H2,1-7H3,(H,41,44)(H,42,43). The molecule has 0 saturated heterocycles. The normalized spacial score (nSPS) is 16.4. The van der Waals surface area contributed by atoms with E-state index in [9.17, 15) is 4.79 Å². The van der Waals surface area contributed by atoms with Crippen molar-refractivity contribution in [2.24, 2.45) is 23.0 Å². The fraction of sp³-hybridized carbons (Fsp3) is 0.500. The lowest BCUT2D eigenvalue weighted by molar-refractivity contribution is -0.135. The highest BCUT2D eigenvalue weighted by molar-refractivity contribution is 5.83. The topological polar surface area (TPSA) is 116 Å². The molecule has 0 saturated carbocycles. The van der Waals surface area contributed by atoms with Gasteiger partial charge in [-0.25, -0.2) is 9.97 Å². The SMILES string of the molecule is CC(C)CNCc1ncc(C2=CC=C(C3=CC=C(c4ccc5nc(CN(CC(C)(C)C)C(=O)C(N)C(C)C)[nH]c5c4)CC3)CC2)[nH]1. The Morgan fingerprint density at radius 3 is 2.20 bits per heavy atom. The minimum Gasteiger partial charge on any atom is -0.341 e. The van der Waals surface area contributed by atoms with E-state index in [4.69, 9.17) is 10.7 Å². The van der Waals surface area contributed by atoms with Crippen LogP contribution in [0, 0.1) is 17.3 Å². The average molecular weight is 624 g/mol. The van der Waals surface area contributed by atoms with Gasteiger partial charge in [0.1, 0.15) is 11.6 Å². The van der Waals surface area contributed by atoms with Gasteiger partial charge < -0.3 is 25.9 Å². The van der Waals surface area contributed by atoms with E-state index in [2.05, 4.69) is 97.4 Å². The van der Waals surface area contributed by atoms with E-state index in [-0.39, 0.29) is 17.2 Å². The van der Waals surface area contributed by atoms with Crippen LogP contribution in [0.1, 0.15) is 97.1 Å². The van der Waals surface area contributed by atoms with E-state index in [1.807, 2.05) is 24.9 Å². The van der Waals surface area contributed by atoms with Gasteiger partial charge >= 0.3 is 0 Å². The lowest BCUT2D eigenvalue weighted by Crippen LogP contribution is -2.48. The zero-order valence-electron chi connectivity index (χ0n) is 28.8. The first-order valence-corrected chi connectivity index (χ1v) is 16.9. The number of allylic oxidation sites excluding steroid dienone is 8. The van der Waals surface area contributed by atoms with E-state index in [1.165, 1.54) is 27.9 Å². The van der Waals surface area contributed by atoms with Gasteiger partial charge in [0, 0.05) is 6.54 Å². The van der Waals surface area contributed by atoms with Crippen molar-refractivity contribution in [1.29, 1.82) is 0 Å². The summed E-state index contributed by atoms with van der Waals surface area (Å²) in [5.74, 6) is 2.45. The van der Waals surface area contributed by atoms with Crippen LogP contribution in [0.3, 0.4) is 0 Å². The number of aromatic amines is 2. The maximum atomic E-state index is 13.2. The molecule has 0 spiro atoms. The van der Waals surface area contributed by atoms with Crippen molar-refractivity contribution in [1.82, 2.24) is 30.2 Å². The number of H-pyrrole nitrogens is 2. The highest BCUT2D eigenvalue weighted by atomic mass is 16.2. The molecule has 1 aromatic carbocycles. The Labute approximate surface area is 274 Å². The lowest BCUT2D eigenvalue weighted by Gasteiger charge is -2.32. The number of carbonyl (C=O) groups excluding carboxylic acids is 1. The van der Waals surface area contributed by atoms with Crippen molar-refractivity contribution in [3.05, 3.63) is 82.8 Å². The third-order valence-corrected chi connectivity index (χ3v) is 8.75. The summed E-state index contributed by atoms with van der Waals surface area (Å²) in [4.78, 5) is 31.5. The van der Waals surface area contributed by atoms with E-state index in [0.717, 1.165) is 67.1 Å². The Bertz CT molecular complexity index is 1660. The number of hydrogen-bond acceptors (Lipinski definition) is 5. The molecular formula is C38H53N7O. The first kappa shape index (κ1) is 33.6. The van der Waals surface area contributed by atoms with Crippen LogP contribution in [-0.4, -0.2) is 49.9 Å². The molecule has 2 aromatic heterocycles. The number of nitrogens with two attached hydrogens (primary N) is 1. The molecule has 0 bridgehead atoms. The molecule has 0 radical (unpaired) electrons. The Hall–Kier alpha value is -3.75. The summed E-state index contributed by atoms with van der Waals surface area (Å²) >= 11 is 0. The average Bonchev–Trinajstić information content (AvgIpc) is 3.65. The van der Waals surface area contributed by atoms with E-state index in [1.54, 1.807) is 0 Å². The summed E-state index contributed by atoms with van der Waals surface area (Å²) in [5.41, 5.74) is 16.0. The number of carbonyl (C=O) groups is 1. The highest BCUT2D eigenvalue weighted by Crippen LogP contribution is 2.36. The van der Waals surface area contributed by atoms with Crippen LogP contribution in [0.25, 0.3) is 22.2 Å². The predicted octanol–water partition coefficient (Wildman–Crippen LogP) is 7.30. The quantitative estimate of drug-likeness (QED) is 0.169. The fourth-order valence-corrected chi connectivity index (χ4v) is 6.17. The van der Waals surface area contributed by atoms with Gasteiger partial charge in [0.2, 0.25) is 5.91 Å². The van der Waals surface area contributed by atoms with Crippen molar-refractivity contribution in [2.75, 3.05) is 13.1 Å². The summed E-state index contributed by atoms with van der Waals surface area (Å²) in [6.07, 6.45) is 15.2. The Kier molecular flexibility index (Phi) is 10.5. The summed E-state index contributed by atoms with van der Waals surface area (Å²) < 4.78 is 0. The number of imidazole rings is 2. The Morgan fingerprint density at radius 1 is 0.935 bits per heavy atom. The predicted molar refractivity (Wildman–Crippen MR) is 189 cm³/mol. The lowest BCUT2D eigenvalue weighted by atomic mass is 9.85. The zero-order valence-corrected chi connectivity index (χ0v) is 28.8. The van der Waals surface area contributed by atoms with Gasteiger partial charge in [0.15, 0.2) is 0 Å². The van der Waals surface area contributed by atoms with Crippen LogP contribution in [0.15, 0.2) is 59.8 Å². The van der Waals surface area contributed by atoms with Gasteiger partial charge in [0.05, 0.1) is 42.1 Å². The molecule has 1 atom stereocenters. The molecule has 8 heteroatoms. The summed E-state index contributed by atoms with van der Waals surface area (Å²) in [5, 5.41) is 3.46. The zero-order chi connectivity index (χ0) is 33.0. The maximum absolute atomic E-state index is 13.2. The van der Waals surface area contributed by atoms with Crippen LogP contribution >= 0.6 is 0 Å². The molecular weight excluding hydrogens is 570 g/mol. The van der Waals surface area contributed by atoms with E-state index in [0.29, 0.717) is 19.0 Å². The number of amides is 1. The van der Waals surface area contributed by atoms with Crippen LogP contribution < -0.4 is 11.1 Å². The molecule has 5 N–H and O–H groups in total. The van der Waals surface area contributed by atoms with Gasteiger partial charge in [-0.15, -0.1) is 0 Å². The molecule has 3 aromatic rings. The number of hydrogen-bond donors (Lipinski definition) is 4. The summed E-state index contributed by atoms with van der Waals surface area (Å²) in [7, 11) is 0. The largest absolute Gasteiger partial charge is 0.341 e. The number of aromatic nitrogens is 4. The molecule has 1 amide bonds. The minimum absolute atomic E-state index is 0.0265. The monoisotopic (exact) mass is 623 g/mol. The van der Waals surface area contributed by atoms with Crippen LogP contribution in [0.2, 0.25) is 0 Å². The van der Waals surface area contributed by atoms with Crippen LogP contribution in [0.5, 0.6) is 0 Å². The highest BCUT2D eigenvalue weighted by Gasteiger charge is 2.28. The van der Waals surface area contributed by atoms with Gasteiger partial charge in [0.25, 0.3) is 0 Å². The summed E-state index contributed by atoms with van der Waals surface area (Å²) in [6, 6.07) is 5.91. The molecule has 5 rings (SSSR count). The van der Waals surface area contributed by atoms with Gasteiger partial charge in [-0.3, -0.25) is 4.79 Å². The van der Waals surface area contributed by atoms with Crippen molar-refractivity contribution < 1.29 is 4.79 Å². The molecule has 0 aliphatic heterocycles. The minimum atomic E-state index is -0.525. The van der Waals surface area contributed by atoms with Gasteiger partial charge in [-0.1, -0.05) is 78.8 Å². The first-order valence-electron chi connectivity index (χ1n) is 16.9. The molecule has 1 unspecified atom stereocenters. The van der Waals surface area contributed by atoms with Crippen molar-refractivity contribution in [2.45, 2.75) is 93.3 Å². The molecule has 2 aliphatic rings. The fourth-order valence-electron chi connectivity index (χ4n) is 6.17. The molecule has 246 valence electrons.